The summed E-state index contributed by atoms with van der Waals surface area (Å²) in [6.45, 7) is 1.93. The number of hydrogen-bond donors (Lipinski definition) is 2. The fraction of sp³-hybridized carbons (Fsp3) is 0.346. The third kappa shape index (κ3) is 5.96. The summed E-state index contributed by atoms with van der Waals surface area (Å²) >= 11 is 0. The van der Waals surface area contributed by atoms with Crippen LogP contribution in [0.15, 0.2) is 48.5 Å². The molecule has 2 N–H and O–H groups in total. The Labute approximate surface area is 215 Å². The highest BCUT2D eigenvalue weighted by atomic mass is 19.4. The zero-order valence-electron chi connectivity index (χ0n) is 20.5. The smallest absolute Gasteiger partial charge is 0.436 e. The van der Waals surface area contributed by atoms with E-state index in [0.29, 0.717) is 12.1 Å². The van der Waals surface area contributed by atoms with Gasteiger partial charge in [-0.3, -0.25) is 4.79 Å². The summed E-state index contributed by atoms with van der Waals surface area (Å²) in [7, 11) is 0. The van der Waals surface area contributed by atoms with Gasteiger partial charge in [0.1, 0.15) is 18.1 Å². The molecule has 0 spiro atoms. The lowest BCUT2D eigenvalue weighted by atomic mass is 10.1. The fourth-order valence-corrected chi connectivity index (χ4v) is 4.36. The van der Waals surface area contributed by atoms with Crippen molar-refractivity contribution in [2.45, 2.75) is 38.8 Å². The number of ether oxygens (including phenoxy) is 1. The van der Waals surface area contributed by atoms with E-state index in [1.165, 1.54) is 28.9 Å². The largest absolute Gasteiger partial charge is 0.478 e. The molecule has 0 saturated heterocycles. The van der Waals surface area contributed by atoms with Crippen molar-refractivity contribution in [3.05, 3.63) is 82.0 Å². The molecule has 1 aliphatic heterocycles. The van der Waals surface area contributed by atoms with Gasteiger partial charge in [-0.25, -0.2) is 13.9 Å². The van der Waals surface area contributed by atoms with Gasteiger partial charge in [0.15, 0.2) is 5.69 Å². The maximum Gasteiger partial charge on any atom is 0.436 e. The van der Waals surface area contributed by atoms with E-state index in [4.69, 9.17) is 9.84 Å². The summed E-state index contributed by atoms with van der Waals surface area (Å²) in [6.07, 6.45) is -4.85. The van der Waals surface area contributed by atoms with Crippen molar-refractivity contribution in [3.8, 4) is 0 Å². The van der Waals surface area contributed by atoms with Gasteiger partial charge in [0.2, 0.25) is 0 Å². The van der Waals surface area contributed by atoms with Crippen molar-refractivity contribution in [1.82, 2.24) is 15.1 Å². The van der Waals surface area contributed by atoms with Gasteiger partial charge in [0.05, 0.1) is 31.4 Å². The molecular weight excluding hydrogens is 508 g/mol. The first-order chi connectivity index (χ1) is 18.1. The number of rotatable bonds is 10. The maximum atomic E-state index is 13.9. The van der Waals surface area contributed by atoms with Crippen LogP contribution >= 0.6 is 0 Å². The molecule has 12 heteroatoms. The van der Waals surface area contributed by atoms with E-state index in [1.54, 1.807) is 24.0 Å². The van der Waals surface area contributed by atoms with E-state index in [2.05, 4.69) is 10.4 Å². The highest BCUT2D eigenvalue weighted by Crippen LogP contribution is 2.38. The Hall–Kier alpha value is -3.93. The van der Waals surface area contributed by atoms with E-state index in [0.717, 1.165) is 11.1 Å². The lowest BCUT2D eigenvalue weighted by molar-refractivity contribution is -0.141. The molecule has 202 valence electrons. The van der Waals surface area contributed by atoms with Gasteiger partial charge in [-0.2, -0.15) is 18.3 Å². The molecule has 0 saturated carbocycles. The van der Waals surface area contributed by atoms with Crippen molar-refractivity contribution in [3.63, 3.8) is 0 Å². The van der Waals surface area contributed by atoms with E-state index >= 15 is 0 Å². The number of fused-ring (bicyclic) bond motifs is 1. The second-order valence-corrected chi connectivity index (χ2v) is 8.87. The lowest BCUT2D eigenvalue weighted by Gasteiger charge is -2.21. The van der Waals surface area contributed by atoms with Crippen molar-refractivity contribution in [2.75, 3.05) is 24.7 Å². The number of carboxylic acids is 1. The Bertz CT molecular complexity index is 1310. The molecule has 0 radical (unpaired) electrons. The number of alkyl halides is 4. The summed E-state index contributed by atoms with van der Waals surface area (Å²) in [5, 5.41) is 15.4. The third-order valence-corrected chi connectivity index (χ3v) is 6.16. The number of halogens is 4. The first-order valence-corrected chi connectivity index (χ1v) is 11.9. The van der Waals surface area contributed by atoms with Crippen molar-refractivity contribution in [1.29, 1.82) is 0 Å². The number of aromatic carboxylic acids is 1. The minimum atomic E-state index is -4.85. The Balaban J connectivity index is 1.59. The maximum absolute atomic E-state index is 13.9. The van der Waals surface area contributed by atoms with E-state index in [-0.39, 0.29) is 37.7 Å². The molecule has 4 rings (SSSR count). The van der Waals surface area contributed by atoms with Gasteiger partial charge in [-0.05, 0) is 35.7 Å². The second-order valence-electron chi connectivity index (χ2n) is 8.87. The van der Waals surface area contributed by atoms with E-state index < -0.39 is 42.0 Å². The van der Waals surface area contributed by atoms with Gasteiger partial charge in [0.25, 0.3) is 5.91 Å². The van der Waals surface area contributed by atoms with Crippen LogP contribution in [0.2, 0.25) is 0 Å². The predicted octanol–water partition coefficient (Wildman–Crippen LogP) is 4.60. The molecule has 1 amide bonds. The zero-order valence-corrected chi connectivity index (χ0v) is 20.5. The number of amides is 1. The first-order valence-electron chi connectivity index (χ1n) is 11.9. The molecule has 1 unspecified atom stereocenters. The number of benzene rings is 2. The number of anilines is 1. The van der Waals surface area contributed by atoms with Gasteiger partial charge in [0, 0.05) is 13.1 Å². The number of nitrogens with one attached hydrogen (secondary N) is 1. The van der Waals surface area contributed by atoms with Crippen LogP contribution in [0.1, 0.15) is 56.1 Å². The summed E-state index contributed by atoms with van der Waals surface area (Å²) in [6, 6.07) is 12.2. The van der Waals surface area contributed by atoms with Crippen LogP contribution < -0.4 is 10.2 Å². The molecule has 0 aliphatic carbocycles. The predicted molar refractivity (Wildman–Crippen MR) is 130 cm³/mol. The van der Waals surface area contributed by atoms with Crippen LogP contribution in [-0.4, -0.2) is 46.6 Å². The Kier molecular flexibility index (Phi) is 8.00. The summed E-state index contributed by atoms with van der Waals surface area (Å²) in [5.41, 5.74) is 0.329. The third-order valence-electron chi connectivity index (χ3n) is 6.16. The number of hydrogen-bond acceptors (Lipinski definition) is 5. The molecule has 1 aliphatic rings. The summed E-state index contributed by atoms with van der Waals surface area (Å²) in [5.74, 6) is -1.98. The monoisotopic (exact) mass is 534 g/mol. The van der Waals surface area contributed by atoms with E-state index in [1.807, 2.05) is 12.1 Å². The molecule has 1 atom stereocenters. The molecule has 0 bridgehead atoms. The van der Waals surface area contributed by atoms with Crippen molar-refractivity contribution < 1.29 is 37.0 Å². The van der Waals surface area contributed by atoms with Gasteiger partial charge >= 0.3 is 12.1 Å². The second kappa shape index (κ2) is 11.2. The van der Waals surface area contributed by atoms with Crippen LogP contribution in [0.5, 0.6) is 0 Å². The van der Waals surface area contributed by atoms with Crippen LogP contribution in [-0.2, 0) is 30.6 Å². The van der Waals surface area contributed by atoms with Crippen LogP contribution in [0, 0.1) is 0 Å². The number of carbonyl (C=O) groups is 2. The molecule has 2 heterocycles. The van der Waals surface area contributed by atoms with Crippen LogP contribution in [0.3, 0.4) is 0 Å². The molecule has 8 nitrogen and oxygen atoms in total. The standard InChI is InChI=1S/C26H26F4N4O4/c1-16(19-5-7-20(8-6-19)25(36)37)31-23(35)21-22(26(28,29)30)32-34-11-10-33(24(21)34)14-17-3-2-4-18(13-17)15-38-12-9-27/h2-8,13,16H,9-12,14-15H2,1H3,(H,31,35)(H,36,37). The molecule has 1 aromatic heterocycles. The Morgan fingerprint density at radius 3 is 2.50 bits per heavy atom. The minimum Gasteiger partial charge on any atom is -0.478 e. The molecule has 3 aromatic rings. The van der Waals surface area contributed by atoms with Crippen molar-refractivity contribution >= 4 is 17.7 Å². The van der Waals surface area contributed by atoms with Crippen LogP contribution in [0.4, 0.5) is 23.4 Å². The molecule has 0 fully saturated rings. The van der Waals surface area contributed by atoms with Gasteiger partial charge in [-0.15, -0.1) is 0 Å². The highest BCUT2D eigenvalue weighted by molar-refractivity contribution is 6.01. The number of nitrogens with zero attached hydrogens (tertiary/aromatic N) is 3. The van der Waals surface area contributed by atoms with Crippen LogP contribution in [0.25, 0.3) is 0 Å². The summed E-state index contributed by atoms with van der Waals surface area (Å²) < 4.78 is 60.5. The van der Waals surface area contributed by atoms with Gasteiger partial charge < -0.3 is 20.1 Å². The fourth-order valence-electron chi connectivity index (χ4n) is 4.36. The minimum absolute atomic E-state index is 0.0314. The SMILES string of the molecule is CC(NC(=O)c1c(C(F)(F)F)nn2c1N(Cc1cccc(COCCF)c1)CC2)c1ccc(C(=O)O)cc1. The highest BCUT2D eigenvalue weighted by Gasteiger charge is 2.44. The summed E-state index contributed by atoms with van der Waals surface area (Å²) in [4.78, 5) is 26.0. The topological polar surface area (TPSA) is 96.7 Å². The normalized spacial score (nSPS) is 13.9. The van der Waals surface area contributed by atoms with E-state index in [9.17, 15) is 27.2 Å². The quantitative estimate of drug-likeness (QED) is 0.292. The number of carbonyl (C=O) groups excluding carboxylic acids is 1. The molecular formula is C26H26F4N4O4. The Morgan fingerprint density at radius 2 is 1.84 bits per heavy atom. The lowest BCUT2D eigenvalue weighted by Crippen LogP contribution is -2.31. The van der Waals surface area contributed by atoms with Crippen molar-refractivity contribution in [2.24, 2.45) is 0 Å². The molecule has 2 aromatic carbocycles. The number of aromatic nitrogens is 2. The average molecular weight is 535 g/mol. The number of carboxylic acid groups (broad SMARTS) is 1. The van der Waals surface area contributed by atoms with Gasteiger partial charge in [-0.1, -0.05) is 36.4 Å². The molecule has 38 heavy (non-hydrogen) atoms. The Morgan fingerprint density at radius 1 is 1.13 bits per heavy atom. The first kappa shape index (κ1) is 27.1. The average Bonchev–Trinajstić information content (AvgIpc) is 3.45. The zero-order chi connectivity index (χ0) is 27.4.